The number of carbonyl (C=O) groups excluding carboxylic acids is 2. The summed E-state index contributed by atoms with van der Waals surface area (Å²) < 4.78 is 0. The first-order chi connectivity index (χ1) is 8.60. The molecule has 1 aliphatic heterocycles. The van der Waals surface area contributed by atoms with E-state index in [4.69, 9.17) is 0 Å². The molecule has 1 saturated carbocycles. The van der Waals surface area contributed by atoms with Gasteiger partial charge in [-0.2, -0.15) is 0 Å². The molecule has 2 amide bonds. The Morgan fingerprint density at radius 2 is 2.00 bits per heavy atom. The maximum atomic E-state index is 12.6. The highest BCUT2D eigenvalue weighted by Gasteiger charge is 2.49. The van der Waals surface area contributed by atoms with E-state index in [9.17, 15) is 9.59 Å². The summed E-state index contributed by atoms with van der Waals surface area (Å²) in [7, 11) is 0. The molecule has 1 spiro atoms. The van der Waals surface area contributed by atoms with Crippen LogP contribution >= 0.6 is 0 Å². The number of hydrogen-bond donors (Lipinski definition) is 1. The van der Waals surface area contributed by atoms with Crippen LogP contribution in [-0.4, -0.2) is 34.8 Å². The van der Waals surface area contributed by atoms with E-state index < -0.39 is 5.54 Å². The Balaban J connectivity index is 2.23. The van der Waals surface area contributed by atoms with Crippen molar-refractivity contribution in [2.75, 3.05) is 6.54 Å². The number of rotatable bonds is 2. The van der Waals surface area contributed by atoms with Crippen molar-refractivity contribution in [3.05, 3.63) is 12.2 Å². The summed E-state index contributed by atoms with van der Waals surface area (Å²) >= 11 is 0. The number of piperazine rings is 1. The molecule has 2 fully saturated rings. The molecule has 2 aliphatic rings. The van der Waals surface area contributed by atoms with Gasteiger partial charge in [-0.15, -0.1) is 0 Å². The molecule has 4 nitrogen and oxygen atoms in total. The summed E-state index contributed by atoms with van der Waals surface area (Å²) in [5, 5.41) is 2.98. The average molecular weight is 250 g/mol. The molecule has 0 radical (unpaired) electrons. The summed E-state index contributed by atoms with van der Waals surface area (Å²) in [6, 6.07) is -0.360. The van der Waals surface area contributed by atoms with Gasteiger partial charge in [0.25, 0.3) is 0 Å². The fourth-order valence-corrected chi connectivity index (χ4v) is 2.94. The Labute approximate surface area is 108 Å². The van der Waals surface area contributed by atoms with E-state index in [0.717, 1.165) is 32.1 Å². The van der Waals surface area contributed by atoms with Crippen molar-refractivity contribution in [2.24, 2.45) is 0 Å². The second-order valence-electron chi connectivity index (χ2n) is 5.33. The molecule has 100 valence electrons. The van der Waals surface area contributed by atoms with E-state index in [0.29, 0.717) is 6.54 Å². The molecule has 1 heterocycles. The third kappa shape index (κ3) is 2.16. The van der Waals surface area contributed by atoms with Crippen molar-refractivity contribution < 1.29 is 9.59 Å². The zero-order valence-electron chi connectivity index (χ0n) is 11.2. The van der Waals surface area contributed by atoms with E-state index in [1.807, 2.05) is 19.1 Å². The van der Waals surface area contributed by atoms with Crippen molar-refractivity contribution in [1.82, 2.24) is 10.2 Å². The molecule has 0 bridgehead atoms. The molecule has 1 unspecified atom stereocenters. The molecule has 0 aromatic heterocycles. The SMILES string of the molecule is C/C=C/CN1C(=O)C2(CCCCC2)NC(=O)C1C. The van der Waals surface area contributed by atoms with Crippen LogP contribution in [0.25, 0.3) is 0 Å². The molecule has 1 saturated heterocycles. The Hall–Kier alpha value is -1.32. The third-order valence-corrected chi connectivity index (χ3v) is 4.12. The molecular formula is C14H22N2O2. The van der Waals surface area contributed by atoms with Crippen molar-refractivity contribution in [1.29, 1.82) is 0 Å². The summed E-state index contributed by atoms with van der Waals surface area (Å²) in [4.78, 5) is 26.4. The highest BCUT2D eigenvalue weighted by molar-refractivity contribution is 5.99. The lowest BCUT2D eigenvalue weighted by Gasteiger charge is -2.46. The van der Waals surface area contributed by atoms with Gasteiger partial charge in [0.15, 0.2) is 0 Å². The van der Waals surface area contributed by atoms with E-state index in [2.05, 4.69) is 5.32 Å². The van der Waals surface area contributed by atoms with Crippen LogP contribution in [0, 0.1) is 0 Å². The summed E-state index contributed by atoms with van der Waals surface area (Å²) in [5.41, 5.74) is -0.608. The lowest BCUT2D eigenvalue weighted by Crippen LogP contribution is -2.70. The van der Waals surface area contributed by atoms with Crippen LogP contribution in [0.15, 0.2) is 12.2 Å². The first kappa shape index (κ1) is 13.1. The zero-order chi connectivity index (χ0) is 13.2. The Morgan fingerprint density at radius 1 is 1.33 bits per heavy atom. The van der Waals surface area contributed by atoms with Crippen LogP contribution in [0.2, 0.25) is 0 Å². The van der Waals surface area contributed by atoms with Crippen LogP contribution in [0.4, 0.5) is 0 Å². The fourth-order valence-electron chi connectivity index (χ4n) is 2.94. The predicted molar refractivity (Wildman–Crippen MR) is 69.9 cm³/mol. The number of nitrogens with one attached hydrogen (secondary N) is 1. The summed E-state index contributed by atoms with van der Waals surface area (Å²) in [5.74, 6) is 0.0911. The van der Waals surface area contributed by atoms with E-state index in [1.165, 1.54) is 0 Å². The van der Waals surface area contributed by atoms with E-state index in [-0.39, 0.29) is 17.9 Å². The van der Waals surface area contributed by atoms with Gasteiger partial charge in [0.05, 0.1) is 0 Å². The Kier molecular flexibility index (Phi) is 3.73. The molecule has 1 aliphatic carbocycles. The first-order valence-electron chi connectivity index (χ1n) is 6.85. The summed E-state index contributed by atoms with van der Waals surface area (Å²) in [6.45, 7) is 4.26. The molecule has 18 heavy (non-hydrogen) atoms. The van der Waals surface area contributed by atoms with Crippen LogP contribution in [0.5, 0.6) is 0 Å². The maximum absolute atomic E-state index is 12.6. The third-order valence-electron chi connectivity index (χ3n) is 4.12. The first-order valence-corrected chi connectivity index (χ1v) is 6.85. The molecular weight excluding hydrogens is 228 g/mol. The minimum Gasteiger partial charge on any atom is -0.340 e. The van der Waals surface area contributed by atoms with Gasteiger partial charge in [0.1, 0.15) is 11.6 Å². The molecule has 4 heteroatoms. The quantitative estimate of drug-likeness (QED) is 0.757. The maximum Gasteiger partial charge on any atom is 0.249 e. The largest absolute Gasteiger partial charge is 0.340 e. The van der Waals surface area contributed by atoms with Crippen LogP contribution < -0.4 is 5.32 Å². The van der Waals surface area contributed by atoms with Crippen LogP contribution in [0.3, 0.4) is 0 Å². The monoisotopic (exact) mass is 250 g/mol. The number of carbonyl (C=O) groups is 2. The van der Waals surface area contributed by atoms with Crippen LogP contribution in [0.1, 0.15) is 46.0 Å². The zero-order valence-corrected chi connectivity index (χ0v) is 11.2. The highest BCUT2D eigenvalue weighted by atomic mass is 16.2. The van der Waals surface area contributed by atoms with Gasteiger partial charge in [0, 0.05) is 6.54 Å². The number of nitrogens with zero attached hydrogens (tertiary/aromatic N) is 1. The minimum absolute atomic E-state index is 0.0130. The van der Waals surface area contributed by atoms with Gasteiger partial charge in [-0.1, -0.05) is 31.4 Å². The van der Waals surface area contributed by atoms with Gasteiger partial charge in [-0.3, -0.25) is 9.59 Å². The minimum atomic E-state index is -0.608. The summed E-state index contributed by atoms with van der Waals surface area (Å²) in [6.07, 6.45) is 8.64. The lowest BCUT2D eigenvalue weighted by atomic mass is 9.78. The van der Waals surface area contributed by atoms with Crippen molar-refractivity contribution in [2.45, 2.75) is 57.5 Å². The van der Waals surface area contributed by atoms with Crippen molar-refractivity contribution in [3.8, 4) is 0 Å². The van der Waals surface area contributed by atoms with Gasteiger partial charge >= 0.3 is 0 Å². The Morgan fingerprint density at radius 3 is 2.61 bits per heavy atom. The molecule has 0 aromatic carbocycles. The van der Waals surface area contributed by atoms with Crippen molar-refractivity contribution >= 4 is 11.8 Å². The Bertz CT molecular complexity index is 370. The molecule has 1 atom stereocenters. The number of allylic oxidation sites excluding steroid dienone is 1. The standard InChI is InChI=1S/C14H22N2O2/c1-3-4-10-16-11(2)12(17)15-14(13(16)18)8-6-5-7-9-14/h3-4,11H,5-10H2,1-2H3,(H,15,17)/b4-3+. The lowest BCUT2D eigenvalue weighted by molar-refractivity contribution is -0.155. The number of amides is 2. The average Bonchev–Trinajstić information content (AvgIpc) is 2.38. The van der Waals surface area contributed by atoms with Gasteiger partial charge in [-0.05, 0) is 26.7 Å². The van der Waals surface area contributed by atoms with Gasteiger partial charge in [-0.25, -0.2) is 0 Å². The fraction of sp³-hybridized carbons (Fsp3) is 0.714. The van der Waals surface area contributed by atoms with E-state index >= 15 is 0 Å². The van der Waals surface area contributed by atoms with Gasteiger partial charge in [0.2, 0.25) is 11.8 Å². The van der Waals surface area contributed by atoms with Gasteiger partial charge < -0.3 is 10.2 Å². The molecule has 0 aromatic rings. The second-order valence-corrected chi connectivity index (χ2v) is 5.33. The smallest absolute Gasteiger partial charge is 0.249 e. The highest BCUT2D eigenvalue weighted by Crippen LogP contribution is 2.33. The normalized spacial score (nSPS) is 27.9. The van der Waals surface area contributed by atoms with Crippen LogP contribution in [-0.2, 0) is 9.59 Å². The topological polar surface area (TPSA) is 49.4 Å². The second kappa shape index (κ2) is 5.12. The molecule has 1 N–H and O–H groups in total. The van der Waals surface area contributed by atoms with E-state index in [1.54, 1.807) is 11.8 Å². The number of hydrogen-bond acceptors (Lipinski definition) is 2. The molecule has 2 rings (SSSR count). The van der Waals surface area contributed by atoms with Crippen molar-refractivity contribution in [3.63, 3.8) is 0 Å². The predicted octanol–water partition coefficient (Wildman–Crippen LogP) is 1.61.